The molecule has 104 valence electrons. The highest BCUT2D eigenvalue weighted by Crippen LogP contribution is 2.24. The molecule has 0 aromatic heterocycles. The van der Waals surface area contributed by atoms with Crippen LogP contribution in [0.25, 0.3) is 0 Å². The summed E-state index contributed by atoms with van der Waals surface area (Å²) in [6, 6.07) is 0. The Morgan fingerprint density at radius 2 is 2.00 bits per heavy atom. The van der Waals surface area contributed by atoms with Gasteiger partial charge in [0.15, 0.2) is 5.12 Å². The highest BCUT2D eigenvalue weighted by atomic mass is 32.2. The summed E-state index contributed by atoms with van der Waals surface area (Å²) in [6.45, 7) is 3.92. The van der Waals surface area contributed by atoms with Gasteiger partial charge in [-0.25, -0.2) is 0 Å². The van der Waals surface area contributed by atoms with Crippen molar-refractivity contribution < 1.29 is 9.59 Å². The molecule has 0 spiro atoms. The number of nitrogens with zero attached hydrogens (tertiary/aromatic N) is 1. The van der Waals surface area contributed by atoms with E-state index in [1.807, 2.05) is 4.90 Å². The van der Waals surface area contributed by atoms with Crippen LogP contribution in [0.4, 0.5) is 0 Å². The fraction of sp³-hybridized carbons (Fsp3) is 0.846. The van der Waals surface area contributed by atoms with Gasteiger partial charge in [0.05, 0.1) is 0 Å². The predicted molar refractivity (Wildman–Crippen MR) is 75.4 cm³/mol. The van der Waals surface area contributed by atoms with Crippen LogP contribution in [0.5, 0.6) is 0 Å². The van der Waals surface area contributed by atoms with E-state index in [1.54, 1.807) is 6.92 Å². The first-order chi connectivity index (χ1) is 8.63. The van der Waals surface area contributed by atoms with Crippen LogP contribution >= 0.6 is 11.8 Å². The molecule has 1 aliphatic heterocycles. The first-order valence-electron chi connectivity index (χ1n) is 6.78. The summed E-state index contributed by atoms with van der Waals surface area (Å²) in [5, 5.41) is 0.281. The molecule has 1 amide bonds. The summed E-state index contributed by atoms with van der Waals surface area (Å²) >= 11 is 1.30. The van der Waals surface area contributed by atoms with Crippen LogP contribution in [0.3, 0.4) is 0 Å². The van der Waals surface area contributed by atoms with Crippen molar-refractivity contribution in [3.8, 4) is 0 Å². The molecule has 1 saturated heterocycles. The van der Waals surface area contributed by atoms with Crippen molar-refractivity contribution in [2.75, 3.05) is 19.6 Å². The van der Waals surface area contributed by atoms with E-state index >= 15 is 0 Å². The van der Waals surface area contributed by atoms with Crippen LogP contribution in [-0.4, -0.2) is 40.8 Å². The summed E-state index contributed by atoms with van der Waals surface area (Å²) in [4.78, 5) is 24.6. The van der Waals surface area contributed by atoms with Crippen LogP contribution < -0.4 is 5.73 Å². The first-order valence-corrected chi connectivity index (χ1v) is 7.66. The molecule has 18 heavy (non-hydrogen) atoms. The summed E-state index contributed by atoms with van der Waals surface area (Å²) in [6.07, 6.45) is 6.23. The predicted octanol–water partition coefficient (Wildman–Crippen LogP) is 1.78. The normalized spacial score (nSPS) is 19.6. The highest BCUT2D eigenvalue weighted by Gasteiger charge is 2.30. The van der Waals surface area contributed by atoms with Crippen molar-refractivity contribution in [3.05, 3.63) is 0 Å². The van der Waals surface area contributed by atoms with E-state index in [9.17, 15) is 9.59 Å². The number of thioether (sulfide) groups is 1. The lowest BCUT2D eigenvalue weighted by Gasteiger charge is -2.15. The number of amides is 1. The Hall–Kier alpha value is -0.550. The number of likely N-dealkylation sites (tertiary alicyclic amines) is 1. The van der Waals surface area contributed by atoms with Gasteiger partial charge in [0.1, 0.15) is 0 Å². The molecule has 1 heterocycles. The van der Waals surface area contributed by atoms with Gasteiger partial charge in [-0.3, -0.25) is 9.59 Å². The second-order valence-corrected chi connectivity index (χ2v) is 6.31. The third-order valence-electron chi connectivity index (χ3n) is 3.14. The van der Waals surface area contributed by atoms with Crippen molar-refractivity contribution in [1.82, 2.24) is 4.90 Å². The van der Waals surface area contributed by atoms with Crippen molar-refractivity contribution in [2.45, 2.75) is 50.7 Å². The minimum absolute atomic E-state index is 0.108. The molecule has 0 bridgehead atoms. The Labute approximate surface area is 114 Å². The lowest BCUT2D eigenvalue weighted by molar-refractivity contribution is -0.127. The molecule has 0 aromatic rings. The number of rotatable bonds is 8. The minimum atomic E-state index is 0.108. The number of hydrogen-bond donors (Lipinski definition) is 1. The standard InChI is InChI=1S/C13H24N2O2S/c1-11(16)18-12-9-13(17)15(10-12)8-6-4-2-3-5-7-14/h12H,2-10,14H2,1H3. The third kappa shape index (κ3) is 5.87. The van der Waals surface area contributed by atoms with Crippen LogP contribution in [0.1, 0.15) is 45.4 Å². The van der Waals surface area contributed by atoms with E-state index in [2.05, 4.69) is 0 Å². The lowest BCUT2D eigenvalue weighted by atomic mass is 10.1. The van der Waals surface area contributed by atoms with Crippen molar-refractivity contribution >= 4 is 22.8 Å². The van der Waals surface area contributed by atoms with Crippen LogP contribution in [-0.2, 0) is 9.59 Å². The minimum Gasteiger partial charge on any atom is -0.342 e. The van der Waals surface area contributed by atoms with E-state index in [0.717, 1.165) is 38.9 Å². The molecule has 1 rings (SSSR count). The van der Waals surface area contributed by atoms with Crippen molar-refractivity contribution in [2.24, 2.45) is 5.73 Å². The van der Waals surface area contributed by atoms with E-state index < -0.39 is 0 Å². The van der Waals surface area contributed by atoms with Crippen LogP contribution in [0, 0.1) is 0 Å². The molecular weight excluding hydrogens is 248 g/mol. The molecule has 0 saturated carbocycles. The Morgan fingerprint density at radius 1 is 1.33 bits per heavy atom. The Morgan fingerprint density at radius 3 is 2.67 bits per heavy atom. The van der Waals surface area contributed by atoms with Gasteiger partial charge in [0.2, 0.25) is 5.91 Å². The molecule has 1 atom stereocenters. The van der Waals surface area contributed by atoms with Gasteiger partial charge in [-0.2, -0.15) is 0 Å². The topological polar surface area (TPSA) is 63.4 Å². The zero-order chi connectivity index (χ0) is 13.4. The Kier molecular flexibility index (Phi) is 7.35. The molecule has 0 aromatic carbocycles. The smallest absolute Gasteiger partial charge is 0.223 e. The fourth-order valence-corrected chi connectivity index (χ4v) is 3.19. The second kappa shape index (κ2) is 8.53. The maximum Gasteiger partial charge on any atom is 0.223 e. The summed E-state index contributed by atoms with van der Waals surface area (Å²) in [5.41, 5.74) is 5.43. The second-order valence-electron chi connectivity index (χ2n) is 4.83. The number of carbonyl (C=O) groups excluding carboxylic acids is 2. The fourth-order valence-electron chi connectivity index (χ4n) is 2.24. The lowest BCUT2D eigenvalue weighted by Crippen LogP contribution is -2.26. The highest BCUT2D eigenvalue weighted by molar-refractivity contribution is 8.14. The molecular formula is C13H24N2O2S. The molecule has 1 fully saturated rings. The zero-order valence-electron chi connectivity index (χ0n) is 11.2. The number of nitrogens with two attached hydrogens (primary N) is 1. The van der Waals surface area contributed by atoms with E-state index in [4.69, 9.17) is 5.73 Å². The number of carbonyl (C=O) groups is 2. The largest absolute Gasteiger partial charge is 0.342 e. The van der Waals surface area contributed by atoms with Crippen molar-refractivity contribution in [3.63, 3.8) is 0 Å². The number of unbranched alkanes of at least 4 members (excludes halogenated alkanes) is 4. The summed E-state index contributed by atoms with van der Waals surface area (Å²) in [7, 11) is 0. The van der Waals surface area contributed by atoms with E-state index in [0.29, 0.717) is 6.42 Å². The Bertz CT molecular complexity index is 284. The van der Waals surface area contributed by atoms with Gasteiger partial charge < -0.3 is 10.6 Å². The van der Waals surface area contributed by atoms with Crippen LogP contribution in [0.2, 0.25) is 0 Å². The van der Waals surface area contributed by atoms with Gasteiger partial charge in [0.25, 0.3) is 0 Å². The average molecular weight is 272 g/mol. The summed E-state index contributed by atoms with van der Waals surface area (Å²) < 4.78 is 0. The third-order valence-corrected chi connectivity index (χ3v) is 4.12. The molecule has 1 aliphatic rings. The van der Waals surface area contributed by atoms with Gasteiger partial charge in [0, 0.05) is 31.7 Å². The van der Waals surface area contributed by atoms with Gasteiger partial charge >= 0.3 is 0 Å². The maximum atomic E-state index is 11.7. The Balaban J connectivity index is 2.11. The molecule has 0 radical (unpaired) electrons. The maximum absolute atomic E-state index is 11.7. The average Bonchev–Trinajstić information content (AvgIpc) is 2.63. The van der Waals surface area contributed by atoms with Gasteiger partial charge in [-0.05, 0) is 19.4 Å². The zero-order valence-corrected chi connectivity index (χ0v) is 12.0. The van der Waals surface area contributed by atoms with Crippen LogP contribution in [0.15, 0.2) is 0 Å². The quantitative estimate of drug-likeness (QED) is 0.684. The van der Waals surface area contributed by atoms with Crippen molar-refractivity contribution in [1.29, 1.82) is 0 Å². The molecule has 4 nitrogen and oxygen atoms in total. The van der Waals surface area contributed by atoms with Gasteiger partial charge in [-0.15, -0.1) is 0 Å². The molecule has 2 N–H and O–H groups in total. The van der Waals surface area contributed by atoms with E-state index in [-0.39, 0.29) is 16.3 Å². The molecule has 5 heteroatoms. The number of hydrogen-bond acceptors (Lipinski definition) is 4. The first kappa shape index (κ1) is 15.5. The monoisotopic (exact) mass is 272 g/mol. The molecule has 0 aliphatic carbocycles. The summed E-state index contributed by atoms with van der Waals surface area (Å²) in [5.74, 6) is 0.204. The molecule has 1 unspecified atom stereocenters. The SMILES string of the molecule is CC(=O)SC1CC(=O)N(CCCCCCCN)C1. The van der Waals surface area contributed by atoms with E-state index in [1.165, 1.54) is 24.6 Å². The van der Waals surface area contributed by atoms with Gasteiger partial charge in [-0.1, -0.05) is 31.0 Å².